The molecule has 44 heavy (non-hydrogen) atoms. The molecule has 0 bridgehead atoms. The molecule has 0 unspecified atom stereocenters. The summed E-state index contributed by atoms with van der Waals surface area (Å²) in [4.78, 5) is 64.7. The molecule has 0 aliphatic carbocycles. The molecule has 0 aliphatic heterocycles. The van der Waals surface area contributed by atoms with Gasteiger partial charge in [0.2, 0.25) is 17.7 Å². The Morgan fingerprint density at radius 2 is 1.57 bits per heavy atom. The second kappa shape index (κ2) is 22.3. The third-order valence-corrected chi connectivity index (χ3v) is 7.80. The van der Waals surface area contributed by atoms with Crippen LogP contribution in [-0.4, -0.2) is 67.6 Å². The lowest BCUT2D eigenvalue weighted by Gasteiger charge is -2.25. The second-order valence-electron chi connectivity index (χ2n) is 12.0. The first-order valence-corrected chi connectivity index (χ1v) is 16.3. The molecule has 10 heteroatoms. The predicted molar refractivity (Wildman–Crippen MR) is 173 cm³/mol. The lowest BCUT2D eigenvalue weighted by molar-refractivity contribution is -0.134. The van der Waals surface area contributed by atoms with Gasteiger partial charge in [-0.05, 0) is 76.4 Å². The number of carbonyl (C=O) groups is 5. The van der Waals surface area contributed by atoms with Crippen molar-refractivity contribution in [2.75, 3.05) is 27.2 Å². The van der Waals surface area contributed by atoms with Crippen LogP contribution >= 0.6 is 0 Å². The fourth-order valence-electron chi connectivity index (χ4n) is 4.84. The van der Waals surface area contributed by atoms with Crippen LogP contribution in [0.15, 0.2) is 24.3 Å². The predicted octanol–water partition coefficient (Wildman–Crippen LogP) is 4.32. The molecule has 0 saturated heterocycles. The minimum absolute atomic E-state index is 0.0189. The number of ether oxygens (including phenoxy) is 1. The molecular formula is C34H56N4O6. The molecule has 0 heterocycles. The zero-order valence-corrected chi connectivity index (χ0v) is 27.6. The molecule has 10 nitrogen and oxygen atoms in total. The first-order chi connectivity index (χ1) is 21.0. The molecule has 4 N–H and O–H groups in total. The molecule has 248 valence electrons. The van der Waals surface area contributed by atoms with Gasteiger partial charge in [0.1, 0.15) is 5.75 Å². The first kappa shape index (κ1) is 38.8. The number of amides is 3. The van der Waals surface area contributed by atoms with Gasteiger partial charge in [-0.1, -0.05) is 58.6 Å². The Morgan fingerprint density at radius 3 is 2.18 bits per heavy atom. The summed E-state index contributed by atoms with van der Waals surface area (Å²) in [5, 5.41) is 5.89. The van der Waals surface area contributed by atoms with Crippen molar-refractivity contribution in [1.29, 1.82) is 0 Å². The maximum atomic E-state index is 13.7. The van der Waals surface area contributed by atoms with Crippen molar-refractivity contribution in [2.24, 2.45) is 17.6 Å². The molecule has 0 spiro atoms. The number of nitrogens with zero attached hydrogens (tertiary/aromatic N) is 1. The van der Waals surface area contributed by atoms with E-state index >= 15 is 0 Å². The fraction of sp³-hybridized carbons (Fsp3) is 0.676. The minimum atomic E-state index is -0.781. The monoisotopic (exact) mass is 616 g/mol. The molecular weight excluding hydrogens is 560 g/mol. The van der Waals surface area contributed by atoms with Gasteiger partial charge >= 0.3 is 5.97 Å². The molecule has 0 aromatic heterocycles. The lowest BCUT2D eigenvalue weighted by atomic mass is 9.84. The number of benzene rings is 1. The summed E-state index contributed by atoms with van der Waals surface area (Å²) >= 11 is 0. The average molecular weight is 617 g/mol. The van der Waals surface area contributed by atoms with Gasteiger partial charge in [-0.2, -0.15) is 0 Å². The number of nitrogens with one attached hydrogen (secondary N) is 2. The number of carbonyl (C=O) groups excluding carboxylic acids is 5. The van der Waals surface area contributed by atoms with E-state index < -0.39 is 12.0 Å². The van der Waals surface area contributed by atoms with Crippen molar-refractivity contribution in [1.82, 2.24) is 15.5 Å². The molecule has 0 saturated carbocycles. The highest BCUT2D eigenvalue weighted by atomic mass is 16.5. The standard InChI is InChI=1S/C34H56N4O6/c1-6-8-10-15-32(41)37-29(23-26-17-19-27(20-18-26)44-33(42)16-13-22-38(4)5)30(39)24-28(25(3)7-2)34(43)36-21-12-9-11-14-31(35)40/h17-20,25,28-29H,6-16,21-24H2,1-5H3,(H2,35,40)(H,36,43)(H,37,41)/t25-,28-,29-/m0/s1. The van der Waals surface area contributed by atoms with Crippen LogP contribution in [0.4, 0.5) is 0 Å². The maximum Gasteiger partial charge on any atom is 0.311 e. The fourth-order valence-corrected chi connectivity index (χ4v) is 4.84. The van der Waals surface area contributed by atoms with Gasteiger partial charge in [-0.25, -0.2) is 0 Å². The minimum Gasteiger partial charge on any atom is -0.427 e. The first-order valence-electron chi connectivity index (χ1n) is 16.3. The molecule has 0 radical (unpaired) electrons. The van der Waals surface area contributed by atoms with Crippen LogP contribution in [0, 0.1) is 11.8 Å². The summed E-state index contributed by atoms with van der Waals surface area (Å²) in [6, 6.07) is 6.20. The quantitative estimate of drug-likeness (QED) is 0.0890. The van der Waals surface area contributed by atoms with Crippen molar-refractivity contribution >= 4 is 29.5 Å². The highest BCUT2D eigenvalue weighted by Crippen LogP contribution is 2.22. The number of hydrogen-bond acceptors (Lipinski definition) is 7. The number of unbranched alkanes of at least 4 members (excludes halogenated alkanes) is 4. The van der Waals surface area contributed by atoms with Crippen LogP contribution in [0.25, 0.3) is 0 Å². The van der Waals surface area contributed by atoms with Gasteiger partial charge < -0.3 is 26.0 Å². The highest BCUT2D eigenvalue weighted by molar-refractivity contribution is 5.92. The Hall–Kier alpha value is -3.27. The zero-order chi connectivity index (χ0) is 32.9. The number of rotatable bonds is 24. The highest BCUT2D eigenvalue weighted by Gasteiger charge is 2.30. The van der Waals surface area contributed by atoms with Crippen LogP contribution in [0.5, 0.6) is 5.75 Å². The van der Waals surface area contributed by atoms with Gasteiger partial charge in [-0.3, -0.25) is 24.0 Å². The van der Waals surface area contributed by atoms with Gasteiger partial charge in [0.15, 0.2) is 5.78 Å². The number of Topliss-reactive ketones (excluding diaryl/α,β-unsaturated/α-hetero) is 1. The Bertz CT molecular complexity index is 1030. The normalized spacial score (nSPS) is 13.1. The van der Waals surface area contributed by atoms with Gasteiger partial charge in [-0.15, -0.1) is 0 Å². The molecule has 0 fully saturated rings. The summed E-state index contributed by atoms with van der Waals surface area (Å²) < 4.78 is 5.45. The molecule has 3 atom stereocenters. The molecule has 3 amide bonds. The van der Waals surface area contributed by atoms with Crippen LogP contribution in [-0.2, 0) is 30.4 Å². The van der Waals surface area contributed by atoms with Gasteiger partial charge in [0.25, 0.3) is 0 Å². The van der Waals surface area contributed by atoms with E-state index in [1.165, 1.54) is 0 Å². The zero-order valence-electron chi connectivity index (χ0n) is 27.6. The number of nitrogens with two attached hydrogens (primary N) is 1. The number of esters is 1. The second-order valence-corrected chi connectivity index (χ2v) is 12.0. The van der Waals surface area contributed by atoms with Crippen molar-refractivity contribution in [3.8, 4) is 5.75 Å². The van der Waals surface area contributed by atoms with Gasteiger partial charge in [0.05, 0.1) is 6.04 Å². The number of primary amides is 1. The van der Waals surface area contributed by atoms with E-state index in [1.807, 2.05) is 32.8 Å². The van der Waals surface area contributed by atoms with Crippen LogP contribution in [0.3, 0.4) is 0 Å². The van der Waals surface area contributed by atoms with E-state index in [4.69, 9.17) is 10.5 Å². The van der Waals surface area contributed by atoms with E-state index in [9.17, 15) is 24.0 Å². The summed E-state index contributed by atoms with van der Waals surface area (Å²) in [6.45, 7) is 7.27. The maximum absolute atomic E-state index is 13.7. The summed E-state index contributed by atoms with van der Waals surface area (Å²) in [5.41, 5.74) is 5.99. The molecule has 0 aliphatic rings. The van der Waals surface area contributed by atoms with Crippen LogP contribution < -0.4 is 21.1 Å². The summed E-state index contributed by atoms with van der Waals surface area (Å²) in [5.74, 6) is -1.29. The van der Waals surface area contributed by atoms with Crippen LogP contribution in [0.2, 0.25) is 0 Å². The van der Waals surface area contributed by atoms with Crippen molar-refractivity contribution < 1.29 is 28.7 Å². The average Bonchev–Trinajstić information content (AvgIpc) is 2.97. The van der Waals surface area contributed by atoms with Crippen molar-refractivity contribution in [3.63, 3.8) is 0 Å². The Kier molecular flexibility index (Phi) is 19.6. The Morgan fingerprint density at radius 1 is 0.886 bits per heavy atom. The molecule has 1 aromatic rings. The van der Waals surface area contributed by atoms with E-state index in [-0.39, 0.29) is 48.2 Å². The summed E-state index contributed by atoms with van der Waals surface area (Å²) in [7, 11) is 3.90. The van der Waals surface area contributed by atoms with Crippen molar-refractivity contribution in [2.45, 2.75) is 110 Å². The van der Waals surface area contributed by atoms with E-state index in [2.05, 4.69) is 17.6 Å². The Balaban J connectivity index is 2.92. The summed E-state index contributed by atoms with van der Waals surface area (Å²) in [6.07, 6.45) is 7.54. The molecule has 1 rings (SSSR count). The largest absolute Gasteiger partial charge is 0.427 e. The Labute approximate surface area is 264 Å². The third kappa shape index (κ3) is 17.1. The smallest absolute Gasteiger partial charge is 0.311 e. The lowest BCUT2D eigenvalue weighted by Crippen LogP contribution is -2.45. The number of ketones is 1. The third-order valence-electron chi connectivity index (χ3n) is 7.80. The SMILES string of the molecule is CCCCCC(=O)N[C@@H](Cc1ccc(OC(=O)CCCN(C)C)cc1)C(=O)C[C@H](C(=O)NCCCCCC(N)=O)[C@@H](C)CC. The van der Waals surface area contributed by atoms with Crippen molar-refractivity contribution in [3.05, 3.63) is 29.8 Å². The van der Waals surface area contributed by atoms with Crippen LogP contribution in [0.1, 0.15) is 103 Å². The van der Waals surface area contributed by atoms with E-state index in [1.54, 1.807) is 24.3 Å². The van der Waals surface area contributed by atoms with E-state index in [0.29, 0.717) is 44.4 Å². The number of hydrogen-bond donors (Lipinski definition) is 3. The van der Waals surface area contributed by atoms with Gasteiger partial charge in [0, 0.05) is 38.1 Å². The van der Waals surface area contributed by atoms with E-state index in [0.717, 1.165) is 50.6 Å². The topological polar surface area (TPSA) is 148 Å². The molecule has 1 aromatic carbocycles.